The Morgan fingerprint density at radius 1 is 1.47 bits per heavy atom. The molecule has 0 fully saturated rings. The normalized spacial score (nSPS) is 9.94. The number of nitriles is 1. The molecule has 0 radical (unpaired) electrons. The summed E-state index contributed by atoms with van der Waals surface area (Å²) in [5.41, 5.74) is 1.48. The molecule has 86 valence electrons. The summed E-state index contributed by atoms with van der Waals surface area (Å²) in [5, 5.41) is 12.1. The van der Waals surface area contributed by atoms with Crippen LogP contribution in [0.2, 0.25) is 0 Å². The van der Waals surface area contributed by atoms with Gasteiger partial charge in [-0.25, -0.2) is 4.98 Å². The largest absolute Gasteiger partial charge is 0.365 e. The van der Waals surface area contributed by atoms with E-state index in [9.17, 15) is 0 Å². The zero-order chi connectivity index (χ0) is 12.3. The highest BCUT2D eigenvalue weighted by Gasteiger charge is 2.01. The first-order valence-electron chi connectivity index (χ1n) is 5.04. The molecule has 0 spiro atoms. The molecule has 0 aromatic carbocycles. The Kier molecular flexibility index (Phi) is 3.77. The zero-order valence-electron chi connectivity index (χ0n) is 9.20. The van der Waals surface area contributed by atoms with Gasteiger partial charge in [0.1, 0.15) is 5.82 Å². The van der Waals surface area contributed by atoms with Crippen LogP contribution >= 0.6 is 27.3 Å². The molecule has 0 aliphatic carbocycles. The summed E-state index contributed by atoms with van der Waals surface area (Å²) < 4.78 is 1.12. The number of pyridine rings is 1. The SMILES string of the molecule is Cc1cc(C#N)cc(NCc2ccc(Br)s2)n1. The van der Waals surface area contributed by atoms with Crippen LogP contribution < -0.4 is 5.32 Å². The number of aryl methyl sites for hydroxylation is 1. The Bertz CT molecular complexity index is 571. The lowest BCUT2D eigenvalue weighted by molar-refractivity contribution is 1.11. The predicted molar refractivity (Wildman–Crippen MR) is 73.0 cm³/mol. The minimum atomic E-state index is 0.632. The van der Waals surface area contributed by atoms with Crippen molar-refractivity contribution in [1.82, 2.24) is 4.98 Å². The summed E-state index contributed by atoms with van der Waals surface area (Å²) in [6.07, 6.45) is 0. The second kappa shape index (κ2) is 5.30. The van der Waals surface area contributed by atoms with Gasteiger partial charge in [0.2, 0.25) is 0 Å². The van der Waals surface area contributed by atoms with Gasteiger partial charge in [-0.05, 0) is 47.1 Å². The number of anilines is 1. The lowest BCUT2D eigenvalue weighted by atomic mass is 10.2. The van der Waals surface area contributed by atoms with E-state index in [-0.39, 0.29) is 0 Å². The fourth-order valence-corrected chi connectivity index (χ4v) is 2.87. The zero-order valence-corrected chi connectivity index (χ0v) is 11.6. The third-order valence-corrected chi connectivity index (χ3v) is 3.78. The van der Waals surface area contributed by atoms with E-state index in [1.54, 1.807) is 23.5 Å². The standard InChI is InChI=1S/C12H10BrN3S/c1-8-4-9(6-14)5-12(16-8)15-7-10-2-3-11(13)17-10/h2-5H,7H2,1H3,(H,15,16). The van der Waals surface area contributed by atoms with Crippen molar-refractivity contribution in [1.29, 1.82) is 5.26 Å². The van der Waals surface area contributed by atoms with Gasteiger partial charge in [0.15, 0.2) is 0 Å². The van der Waals surface area contributed by atoms with Gasteiger partial charge in [-0.2, -0.15) is 5.26 Å². The number of hydrogen-bond donors (Lipinski definition) is 1. The molecule has 0 aliphatic rings. The number of hydrogen-bond acceptors (Lipinski definition) is 4. The number of halogens is 1. The van der Waals surface area contributed by atoms with Crippen molar-refractivity contribution in [2.24, 2.45) is 0 Å². The first-order valence-corrected chi connectivity index (χ1v) is 6.65. The molecule has 0 aliphatic heterocycles. The third kappa shape index (κ3) is 3.29. The molecular weight excluding hydrogens is 298 g/mol. The monoisotopic (exact) mass is 307 g/mol. The Morgan fingerprint density at radius 2 is 2.29 bits per heavy atom. The summed E-state index contributed by atoms with van der Waals surface area (Å²) in [6.45, 7) is 2.60. The van der Waals surface area contributed by atoms with E-state index in [4.69, 9.17) is 5.26 Å². The van der Waals surface area contributed by atoms with E-state index in [2.05, 4.69) is 38.4 Å². The maximum atomic E-state index is 8.87. The smallest absolute Gasteiger partial charge is 0.127 e. The van der Waals surface area contributed by atoms with Gasteiger partial charge in [-0.3, -0.25) is 0 Å². The quantitative estimate of drug-likeness (QED) is 0.940. The summed E-state index contributed by atoms with van der Waals surface area (Å²) in [7, 11) is 0. The van der Waals surface area contributed by atoms with E-state index >= 15 is 0 Å². The van der Waals surface area contributed by atoms with Crippen molar-refractivity contribution >= 4 is 33.1 Å². The van der Waals surface area contributed by atoms with Crippen LogP contribution in [0, 0.1) is 18.3 Å². The van der Waals surface area contributed by atoms with Crippen LogP contribution in [-0.4, -0.2) is 4.98 Å². The Labute approximate surface area is 112 Å². The third-order valence-electron chi connectivity index (χ3n) is 2.16. The van der Waals surface area contributed by atoms with Crippen LogP contribution in [-0.2, 0) is 6.54 Å². The summed E-state index contributed by atoms with van der Waals surface area (Å²) >= 11 is 5.11. The van der Waals surface area contributed by atoms with Crippen LogP contribution in [0.15, 0.2) is 28.1 Å². The predicted octanol–water partition coefficient (Wildman–Crippen LogP) is 3.70. The van der Waals surface area contributed by atoms with Gasteiger partial charge in [-0.15, -0.1) is 11.3 Å². The van der Waals surface area contributed by atoms with Crippen molar-refractivity contribution in [3.63, 3.8) is 0 Å². The molecule has 0 unspecified atom stereocenters. The second-order valence-corrected chi connectivity index (χ2v) is 6.10. The van der Waals surface area contributed by atoms with Crippen molar-refractivity contribution in [2.75, 3.05) is 5.32 Å². The van der Waals surface area contributed by atoms with Crippen molar-refractivity contribution in [3.05, 3.63) is 44.2 Å². The number of rotatable bonds is 3. The van der Waals surface area contributed by atoms with Gasteiger partial charge in [0, 0.05) is 10.6 Å². The Morgan fingerprint density at radius 3 is 2.94 bits per heavy atom. The molecule has 0 saturated carbocycles. The topological polar surface area (TPSA) is 48.7 Å². The molecule has 2 rings (SSSR count). The summed E-state index contributed by atoms with van der Waals surface area (Å²) in [5.74, 6) is 0.742. The molecule has 2 aromatic heterocycles. The molecule has 0 saturated heterocycles. The number of aromatic nitrogens is 1. The van der Waals surface area contributed by atoms with Crippen molar-refractivity contribution in [2.45, 2.75) is 13.5 Å². The maximum Gasteiger partial charge on any atom is 0.127 e. The van der Waals surface area contributed by atoms with E-state index < -0.39 is 0 Å². The lowest BCUT2D eigenvalue weighted by Crippen LogP contribution is -2.01. The summed E-state index contributed by atoms with van der Waals surface area (Å²) in [6, 6.07) is 9.73. The van der Waals surface area contributed by atoms with Crippen LogP contribution in [0.25, 0.3) is 0 Å². The average molecular weight is 308 g/mol. The van der Waals surface area contributed by atoms with Crippen LogP contribution in [0.1, 0.15) is 16.1 Å². The van der Waals surface area contributed by atoms with Crippen molar-refractivity contribution in [3.8, 4) is 6.07 Å². The van der Waals surface area contributed by atoms with Gasteiger partial charge >= 0.3 is 0 Å². The van der Waals surface area contributed by atoms with Crippen LogP contribution in [0.4, 0.5) is 5.82 Å². The van der Waals surface area contributed by atoms with Crippen LogP contribution in [0.3, 0.4) is 0 Å². The molecule has 2 aromatic rings. The maximum absolute atomic E-state index is 8.87. The fourth-order valence-electron chi connectivity index (χ4n) is 1.45. The van der Waals surface area contributed by atoms with E-state index in [1.807, 2.05) is 13.0 Å². The van der Waals surface area contributed by atoms with E-state index in [0.717, 1.165) is 21.8 Å². The first kappa shape index (κ1) is 12.1. The molecule has 0 amide bonds. The molecule has 2 heterocycles. The molecule has 17 heavy (non-hydrogen) atoms. The van der Waals surface area contributed by atoms with Crippen LogP contribution in [0.5, 0.6) is 0 Å². The second-order valence-electron chi connectivity index (χ2n) is 3.55. The minimum absolute atomic E-state index is 0.632. The Hall–Kier alpha value is -1.38. The van der Waals surface area contributed by atoms with Crippen molar-refractivity contribution < 1.29 is 0 Å². The molecular formula is C12H10BrN3S. The minimum Gasteiger partial charge on any atom is -0.365 e. The number of nitrogens with zero attached hydrogens (tertiary/aromatic N) is 2. The first-order chi connectivity index (χ1) is 8.17. The molecule has 0 bridgehead atoms. The number of thiophene rings is 1. The van der Waals surface area contributed by atoms with Gasteiger partial charge < -0.3 is 5.32 Å². The fraction of sp³-hybridized carbons (Fsp3) is 0.167. The average Bonchev–Trinajstić information content (AvgIpc) is 2.72. The van der Waals surface area contributed by atoms with Gasteiger partial charge in [0.05, 0.1) is 22.0 Å². The Balaban J connectivity index is 2.09. The molecule has 1 N–H and O–H groups in total. The molecule has 0 atom stereocenters. The molecule has 5 heteroatoms. The van der Waals surface area contributed by atoms with E-state index in [0.29, 0.717) is 5.56 Å². The van der Waals surface area contributed by atoms with Gasteiger partial charge in [0.25, 0.3) is 0 Å². The van der Waals surface area contributed by atoms with E-state index in [1.165, 1.54) is 4.88 Å². The highest BCUT2D eigenvalue weighted by atomic mass is 79.9. The highest BCUT2D eigenvalue weighted by molar-refractivity contribution is 9.11. The van der Waals surface area contributed by atoms with Gasteiger partial charge in [-0.1, -0.05) is 0 Å². The summed E-state index contributed by atoms with van der Waals surface area (Å²) in [4.78, 5) is 5.56. The molecule has 3 nitrogen and oxygen atoms in total. The lowest BCUT2D eigenvalue weighted by Gasteiger charge is -2.05. The highest BCUT2D eigenvalue weighted by Crippen LogP contribution is 2.22. The number of nitrogens with one attached hydrogen (secondary N) is 1.